The van der Waals surface area contributed by atoms with Crippen LogP contribution in [0.5, 0.6) is 0 Å². The summed E-state index contributed by atoms with van der Waals surface area (Å²) in [5.74, 6) is 0. The first-order valence-electron chi connectivity index (χ1n) is 18.2. The molecule has 0 aliphatic heterocycles. The lowest BCUT2D eigenvalue weighted by molar-refractivity contribution is 1.18. The highest BCUT2D eigenvalue weighted by Gasteiger charge is 2.18. The Balaban J connectivity index is 1.08. The van der Waals surface area contributed by atoms with Gasteiger partial charge in [0.05, 0.1) is 45.3 Å². The van der Waals surface area contributed by atoms with Crippen LogP contribution >= 0.6 is 11.3 Å². The van der Waals surface area contributed by atoms with E-state index in [-0.39, 0.29) is 0 Å². The topological polar surface area (TPSA) is 57.4 Å². The summed E-state index contributed by atoms with van der Waals surface area (Å²) in [5.41, 5.74) is 12.3. The Labute approximate surface area is 320 Å². The highest BCUT2D eigenvalue weighted by atomic mass is 32.1. The van der Waals surface area contributed by atoms with Gasteiger partial charge in [-0.2, -0.15) is 10.5 Å². The van der Waals surface area contributed by atoms with Gasteiger partial charge in [0, 0.05) is 53.1 Å². The number of hydrogen-bond donors (Lipinski definition) is 0. The number of fused-ring (bicyclic) bond motifs is 9. The number of thiophene rings is 1. The molecule has 11 aromatic rings. The van der Waals surface area contributed by atoms with Gasteiger partial charge in [-0.3, -0.25) is 0 Å². The summed E-state index contributed by atoms with van der Waals surface area (Å²) in [6.07, 6.45) is 0. The summed E-state index contributed by atoms with van der Waals surface area (Å²) in [6.45, 7) is 0. The lowest BCUT2D eigenvalue weighted by atomic mass is 9.94. The molecule has 0 bridgehead atoms. The van der Waals surface area contributed by atoms with Crippen molar-refractivity contribution < 1.29 is 0 Å². The van der Waals surface area contributed by atoms with Crippen LogP contribution in [0, 0.1) is 22.7 Å². The van der Waals surface area contributed by atoms with Crippen LogP contribution in [0.2, 0.25) is 0 Å². The van der Waals surface area contributed by atoms with Crippen LogP contribution in [0.15, 0.2) is 170 Å². The molecule has 0 fully saturated rings. The SMILES string of the molecule is N#Cc1ccc2c(c1)c1ccccc1n2-c1cccc(-c2ccccc2-c2cccc(-n3c4ccc(C#N)cc4c4cc5c(cc43)sc3ccccc35)c2)c1. The molecule has 0 aliphatic rings. The molecule has 55 heavy (non-hydrogen) atoms. The molecule has 0 radical (unpaired) electrons. The minimum Gasteiger partial charge on any atom is -0.309 e. The highest BCUT2D eigenvalue weighted by Crippen LogP contribution is 2.42. The van der Waals surface area contributed by atoms with Crippen molar-refractivity contribution in [3.63, 3.8) is 0 Å². The zero-order valence-corrected chi connectivity index (χ0v) is 30.2. The highest BCUT2D eigenvalue weighted by molar-refractivity contribution is 7.25. The van der Waals surface area contributed by atoms with E-state index in [1.807, 2.05) is 35.6 Å². The lowest BCUT2D eigenvalue weighted by Crippen LogP contribution is -1.96. The quantitative estimate of drug-likeness (QED) is 0.182. The fraction of sp³-hybridized carbons (Fsp3) is 0. The first-order valence-corrected chi connectivity index (χ1v) is 19.0. The van der Waals surface area contributed by atoms with Crippen molar-refractivity contribution in [3.05, 3.63) is 181 Å². The molecule has 0 atom stereocenters. The first kappa shape index (κ1) is 31.1. The minimum absolute atomic E-state index is 0.652. The molecule has 0 unspecified atom stereocenters. The molecule has 4 nitrogen and oxygen atoms in total. The van der Waals surface area contributed by atoms with E-state index in [1.165, 1.54) is 20.2 Å². The van der Waals surface area contributed by atoms with Crippen molar-refractivity contribution in [3.8, 4) is 45.8 Å². The van der Waals surface area contributed by atoms with Crippen LogP contribution in [0.4, 0.5) is 0 Å². The molecular formula is C50H28N4S. The molecule has 0 spiro atoms. The van der Waals surface area contributed by atoms with Crippen LogP contribution in [0.1, 0.15) is 11.1 Å². The third-order valence-corrected chi connectivity index (χ3v) is 12.1. The van der Waals surface area contributed by atoms with E-state index >= 15 is 0 Å². The van der Waals surface area contributed by atoms with Gasteiger partial charge in [0.25, 0.3) is 0 Å². The van der Waals surface area contributed by atoms with Gasteiger partial charge in [-0.05, 0) is 107 Å². The summed E-state index contributed by atoms with van der Waals surface area (Å²) >= 11 is 1.82. The van der Waals surface area contributed by atoms with E-state index < -0.39 is 0 Å². The number of benzene rings is 8. The molecule has 0 amide bonds. The Hall–Kier alpha value is -7.44. The molecule has 0 N–H and O–H groups in total. The number of nitriles is 2. The smallest absolute Gasteiger partial charge is 0.0991 e. The van der Waals surface area contributed by atoms with E-state index in [0.29, 0.717) is 11.1 Å². The van der Waals surface area contributed by atoms with Crippen LogP contribution in [0.3, 0.4) is 0 Å². The Bertz CT molecular complexity index is 3470. The summed E-state index contributed by atoms with van der Waals surface area (Å²) in [7, 11) is 0. The maximum absolute atomic E-state index is 9.87. The third kappa shape index (κ3) is 4.75. The standard InChI is InChI=1S/C50H28N4S/c51-29-31-19-21-46-41(23-31)39-15-3-5-17-45(39)53(46)35-11-7-9-33(25-35)37-13-1-2-14-38(37)34-10-8-12-36(26-34)54-47-22-20-32(30-52)24-42(47)43-27-44-40-16-4-6-18-49(40)55-50(44)28-48(43)54/h1-28H. The van der Waals surface area contributed by atoms with Crippen molar-refractivity contribution in [1.82, 2.24) is 9.13 Å². The second kappa shape index (κ2) is 12.0. The summed E-state index contributed by atoms with van der Waals surface area (Å²) < 4.78 is 7.16. The largest absolute Gasteiger partial charge is 0.309 e. The molecule has 0 saturated carbocycles. The molecule has 3 heterocycles. The van der Waals surface area contributed by atoms with Crippen molar-refractivity contribution >= 4 is 75.1 Å². The Morgan fingerprint density at radius 2 is 0.891 bits per heavy atom. The van der Waals surface area contributed by atoms with Gasteiger partial charge in [0.15, 0.2) is 0 Å². The second-order valence-corrected chi connectivity index (χ2v) is 15.1. The number of para-hydroxylation sites is 1. The van der Waals surface area contributed by atoms with Crippen LogP contribution in [-0.2, 0) is 0 Å². The number of rotatable bonds is 4. The van der Waals surface area contributed by atoms with E-state index in [4.69, 9.17) is 0 Å². The third-order valence-electron chi connectivity index (χ3n) is 11.0. The first-order chi connectivity index (χ1) is 27.2. The second-order valence-electron chi connectivity index (χ2n) is 14.0. The van der Waals surface area contributed by atoms with Gasteiger partial charge in [-0.15, -0.1) is 11.3 Å². The van der Waals surface area contributed by atoms with E-state index in [2.05, 4.69) is 167 Å². The maximum Gasteiger partial charge on any atom is 0.0991 e. The molecule has 8 aromatic carbocycles. The average molecular weight is 717 g/mol. The normalized spacial score (nSPS) is 11.6. The van der Waals surface area contributed by atoms with E-state index in [9.17, 15) is 10.5 Å². The number of aromatic nitrogens is 2. The summed E-state index contributed by atoms with van der Waals surface area (Å²) in [5, 5.41) is 26.4. The molecule has 5 heteroatoms. The predicted octanol–water partition coefficient (Wildman–Crippen LogP) is 13.3. The summed E-state index contributed by atoms with van der Waals surface area (Å²) in [4.78, 5) is 0. The van der Waals surface area contributed by atoms with Gasteiger partial charge in [-0.1, -0.05) is 84.9 Å². The monoisotopic (exact) mass is 716 g/mol. The zero-order chi connectivity index (χ0) is 36.6. The molecule has 11 rings (SSSR count). The maximum atomic E-state index is 9.87. The Kier molecular flexibility index (Phi) is 6.82. The van der Waals surface area contributed by atoms with E-state index in [1.54, 1.807) is 0 Å². The van der Waals surface area contributed by atoms with E-state index in [0.717, 1.165) is 77.2 Å². The van der Waals surface area contributed by atoms with Gasteiger partial charge in [0.1, 0.15) is 0 Å². The number of hydrogen-bond acceptors (Lipinski definition) is 3. The molecule has 0 saturated heterocycles. The molecule has 254 valence electrons. The van der Waals surface area contributed by atoms with Crippen molar-refractivity contribution in [2.75, 3.05) is 0 Å². The Morgan fingerprint density at radius 1 is 0.364 bits per heavy atom. The van der Waals surface area contributed by atoms with Gasteiger partial charge in [0.2, 0.25) is 0 Å². The van der Waals surface area contributed by atoms with Crippen molar-refractivity contribution in [2.45, 2.75) is 0 Å². The minimum atomic E-state index is 0.652. The van der Waals surface area contributed by atoms with Crippen LogP contribution in [-0.4, -0.2) is 9.13 Å². The molecule has 0 aliphatic carbocycles. The van der Waals surface area contributed by atoms with Gasteiger partial charge >= 0.3 is 0 Å². The van der Waals surface area contributed by atoms with Crippen LogP contribution in [0.25, 0.3) is 97.4 Å². The fourth-order valence-corrected chi connectivity index (χ4v) is 9.64. The Morgan fingerprint density at radius 3 is 1.55 bits per heavy atom. The fourth-order valence-electron chi connectivity index (χ4n) is 8.52. The van der Waals surface area contributed by atoms with Crippen molar-refractivity contribution in [1.29, 1.82) is 10.5 Å². The van der Waals surface area contributed by atoms with Crippen molar-refractivity contribution in [2.24, 2.45) is 0 Å². The molecule has 3 aromatic heterocycles. The van der Waals surface area contributed by atoms with Gasteiger partial charge < -0.3 is 9.13 Å². The van der Waals surface area contributed by atoms with Gasteiger partial charge in [-0.25, -0.2) is 0 Å². The molecular weight excluding hydrogens is 689 g/mol. The predicted molar refractivity (Wildman–Crippen MR) is 228 cm³/mol. The zero-order valence-electron chi connectivity index (χ0n) is 29.4. The lowest BCUT2D eigenvalue weighted by Gasteiger charge is -2.15. The average Bonchev–Trinajstić information content (AvgIpc) is 3.89. The number of nitrogens with zero attached hydrogens (tertiary/aromatic N) is 4. The van der Waals surface area contributed by atoms with Crippen LogP contribution < -0.4 is 0 Å². The summed E-state index contributed by atoms with van der Waals surface area (Å²) in [6, 6.07) is 64.4.